The molecule has 0 aliphatic carbocycles. The Morgan fingerprint density at radius 1 is 1.02 bits per heavy atom. The molecule has 1 aromatic heterocycles. The van der Waals surface area contributed by atoms with Crippen molar-refractivity contribution in [3.05, 3.63) is 125 Å². The van der Waals surface area contributed by atoms with Gasteiger partial charge >= 0.3 is 5.97 Å². The molecular weight excluding hydrogens is 644 g/mol. The second-order valence-electron chi connectivity index (χ2n) is 9.88. The number of hydrogen-bond donors (Lipinski definition) is 1. The van der Waals surface area contributed by atoms with E-state index in [1.54, 1.807) is 30.7 Å². The van der Waals surface area contributed by atoms with Crippen molar-refractivity contribution in [3.63, 3.8) is 0 Å². The van der Waals surface area contributed by atoms with Crippen LogP contribution in [0, 0.1) is 0 Å². The van der Waals surface area contributed by atoms with Crippen molar-refractivity contribution in [2.24, 2.45) is 4.99 Å². The van der Waals surface area contributed by atoms with E-state index in [1.807, 2.05) is 66.7 Å². The largest absolute Gasteiger partial charge is 0.504 e. The van der Waals surface area contributed by atoms with Gasteiger partial charge in [-0.05, 0) is 47.5 Å². The fourth-order valence-electron chi connectivity index (χ4n) is 5.42. The summed E-state index contributed by atoms with van der Waals surface area (Å²) in [6, 6.07) is 23.2. The first-order valence-corrected chi connectivity index (χ1v) is 15.4. The number of halogens is 1. The molecule has 222 valence electrons. The highest BCUT2D eigenvalue weighted by atomic mass is 79.9. The molecule has 1 aliphatic rings. The predicted molar refractivity (Wildman–Crippen MR) is 174 cm³/mol. The molecule has 1 unspecified atom stereocenters. The summed E-state index contributed by atoms with van der Waals surface area (Å²) in [4.78, 5) is 33.7. The summed E-state index contributed by atoms with van der Waals surface area (Å²) < 4.78 is 19.3. The number of aromatic nitrogens is 1. The number of phenolic OH excluding ortho intramolecular Hbond substituents is 1. The highest BCUT2D eigenvalue weighted by molar-refractivity contribution is 9.10. The summed E-state index contributed by atoms with van der Waals surface area (Å²) in [5, 5.41) is 12.0. The van der Waals surface area contributed by atoms with Crippen LogP contribution in [0.15, 0.2) is 98.7 Å². The van der Waals surface area contributed by atoms with E-state index in [4.69, 9.17) is 19.2 Å². The lowest BCUT2D eigenvalue weighted by molar-refractivity contribution is -0.138. The summed E-state index contributed by atoms with van der Waals surface area (Å²) in [5.74, 6) is 0.176. The molecule has 10 heteroatoms. The van der Waals surface area contributed by atoms with E-state index in [2.05, 4.69) is 15.9 Å². The lowest BCUT2D eigenvalue weighted by Crippen LogP contribution is -2.40. The maximum atomic E-state index is 14.4. The van der Waals surface area contributed by atoms with Crippen LogP contribution in [0.2, 0.25) is 0 Å². The minimum atomic E-state index is -0.915. The fourth-order valence-corrected chi connectivity index (χ4v) is 6.86. The Morgan fingerprint density at radius 3 is 2.48 bits per heavy atom. The number of rotatable bonds is 7. The molecule has 1 N–H and O–H groups in total. The molecule has 0 saturated carbocycles. The molecule has 4 aromatic carbocycles. The van der Waals surface area contributed by atoms with Crippen LogP contribution >= 0.6 is 27.3 Å². The van der Waals surface area contributed by atoms with E-state index in [9.17, 15) is 14.7 Å². The number of benzene rings is 4. The molecule has 0 radical (unpaired) electrons. The first kappa shape index (κ1) is 29.4. The van der Waals surface area contributed by atoms with Crippen LogP contribution in [-0.2, 0) is 9.53 Å². The number of carbonyl (C=O) groups is 1. The summed E-state index contributed by atoms with van der Waals surface area (Å²) in [6.45, 7) is 1.89. The van der Waals surface area contributed by atoms with Crippen molar-refractivity contribution in [1.82, 2.24) is 4.57 Å². The smallest absolute Gasteiger partial charge is 0.338 e. The van der Waals surface area contributed by atoms with Gasteiger partial charge < -0.3 is 19.3 Å². The predicted octanol–water partition coefficient (Wildman–Crippen LogP) is 5.57. The quantitative estimate of drug-likeness (QED) is 0.227. The number of aromatic hydroxyl groups is 1. The summed E-state index contributed by atoms with van der Waals surface area (Å²) in [5.41, 5.74) is 2.29. The minimum absolute atomic E-state index is 0.0346. The lowest BCUT2D eigenvalue weighted by atomic mass is 9.89. The van der Waals surface area contributed by atoms with Crippen molar-refractivity contribution in [2.45, 2.75) is 13.0 Å². The third kappa shape index (κ3) is 5.10. The molecule has 0 bridgehead atoms. The van der Waals surface area contributed by atoms with E-state index in [-0.39, 0.29) is 29.2 Å². The SMILES string of the molecule is CCOC(=O)C1=C(c2ccccc2)N=c2s/c(=C/c3cc(OC)c(O)cc3Br)c(=O)n2C1c1c(OC)ccc2ccccc12. The second-order valence-corrected chi connectivity index (χ2v) is 11.7. The van der Waals surface area contributed by atoms with Crippen molar-refractivity contribution in [2.75, 3.05) is 20.8 Å². The normalized spacial score (nSPS) is 14.7. The van der Waals surface area contributed by atoms with Gasteiger partial charge in [0.25, 0.3) is 5.56 Å². The number of phenols is 1. The zero-order valence-corrected chi connectivity index (χ0v) is 26.4. The Kier molecular flexibility index (Phi) is 8.11. The highest BCUT2D eigenvalue weighted by Gasteiger charge is 2.37. The second kappa shape index (κ2) is 12.1. The lowest BCUT2D eigenvalue weighted by Gasteiger charge is -2.28. The number of nitrogens with zero attached hydrogens (tertiary/aromatic N) is 2. The van der Waals surface area contributed by atoms with Gasteiger partial charge in [-0.1, -0.05) is 87.9 Å². The van der Waals surface area contributed by atoms with E-state index in [0.29, 0.717) is 41.9 Å². The maximum Gasteiger partial charge on any atom is 0.338 e. The van der Waals surface area contributed by atoms with Gasteiger partial charge in [-0.2, -0.15) is 0 Å². The molecule has 0 amide bonds. The van der Waals surface area contributed by atoms with E-state index in [0.717, 1.165) is 10.8 Å². The molecule has 6 rings (SSSR count). The Bertz CT molecular complexity index is 2140. The van der Waals surface area contributed by atoms with Crippen molar-refractivity contribution in [1.29, 1.82) is 0 Å². The molecule has 44 heavy (non-hydrogen) atoms. The molecule has 0 fully saturated rings. The van der Waals surface area contributed by atoms with Gasteiger partial charge in [0, 0.05) is 15.6 Å². The topological polar surface area (TPSA) is 99.4 Å². The van der Waals surface area contributed by atoms with E-state index >= 15 is 0 Å². The van der Waals surface area contributed by atoms with Gasteiger partial charge in [0.05, 0.1) is 36.6 Å². The van der Waals surface area contributed by atoms with Crippen molar-refractivity contribution >= 4 is 55.8 Å². The number of carbonyl (C=O) groups excluding carboxylic acids is 1. The summed E-state index contributed by atoms with van der Waals surface area (Å²) in [7, 11) is 3.03. The zero-order chi connectivity index (χ0) is 31.0. The molecule has 8 nitrogen and oxygen atoms in total. The fraction of sp³-hybridized carbons (Fsp3) is 0.147. The average Bonchev–Trinajstić information content (AvgIpc) is 3.35. The molecule has 1 atom stereocenters. The first-order valence-electron chi connectivity index (χ1n) is 13.8. The third-order valence-electron chi connectivity index (χ3n) is 7.38. The Balaban J connectivity index is 1.74. The number of hydrogen-bond acceptors (Lipinski definition) is 8. The molecule has 0 saturated heterocycles. The van der Waals surface area contributed by atoms with Gasteiger partial charge in [0.1, 0.15) is 11.8 Å². The van der Waals surface area contributed by atoms with Gasteiger partial charge in [0.2, 0.25) is 0 Å². The Labute approximate surface area is 264 Å². The molecule has 5 aromatic rings. The number of thiazole rings is 1. The van der Waals surface area contributed by atoms with Crippen molar-refractivity contribution < 1.29 is 24.1 Å². The number of ether oxygens (including phenoxy) is 3. The van der Waals surface area contributed by atoms with Crippen LogP contribution in [0.3, 0.4) is 0 Å². The molecule has 1 aliphatic heterocycles. The first-order chi connectivity index (χ1) is 21.4. The number of fused-ring (bicyclic) bond motifs is 2. The molecular formula is C34H27BrN2O6S. The van der Waals surface area contributed by atoms with E-state index < -0.39 is 12.0 Å². The van der Waals surface area contributed by atoms with Gasteiger partial charge in [-0.3, -0.25) is 9.36 Å². The van der Waals surface area contributed by atoms with Crippen LogP contribution in [0.4, 0.5) is 0 Å². The monoisotopic (exact) mass is 670 g/mol. The number of esters is 1. The van der Waals surface area contributed by atoms with E-state index in [1.165, 1.54) is 24.5 Å². The van der Waals surface area contributed by atoms with Gasteiger partial charge in [-0.15, -0.1) is 0 Å². The highest BCUT2D eigenvalue weighted by Crippen LogP contribution is 2.42. The van der Waals surface area contributed by atoms with Crippen LogP contribution in [0.5, 0.6) is 17.2 Å². The Morgan fingerprint density at radius 2 is 1.75 bits per heavy atom. The zero-order valence-electron chi connectivity index (χ0n) is 24.0. The molecule has 2 heterocycles. The van der Waals surface area contributed by atoms with Crippen LogP contribution in [0.25, 0.3) is 22.5 Å². The molecule has 0 spiro atoms. The van der Waals surface area contributed by atoms with Crippen LogP contribution in [0.1, 0.15) is 29.7 Å². The minimum Gasteiger partial charge on any atom is -0.504 e. The van der Waals surface area contributed by atoms with Crippen LogP contribution < -0.4 is 24.4 Å². The third-order valence-corrected chi connectivity index (χ3v) is 9.05. The standard InChI is InChI=1S/C34H27BrN2O6S/c1-4-43-33(40)29-30(20-11-6-5-7-12-20)36-34-37(31(29)28-22-13-9-8-10-19(22)14-15-25(28)41-2)32(39)27(44-34)17-21-16-26(42-3)24(38)18-23(21)35/h5-18,31,38H,4H2,1-3H3/b27-17+. The average molecular weight is 672 g/mol. The summed E-state index contributed by atoms with van der Waals surface area (Å²) >= 11 is 4.69. The van der Waals surface area contributed by atoms with Gasteiger partial charge in [-0.25, -0.2) is 9.79 Å². The van der Waals surface area contributed by atoms with Crippen molar-refractivity contribution in [3.8, 4) is 17.2 Å². The maximum absolute atomic E-state index is 14.4. The van der Waals surface area contributed by atoms with Crippen LogP contribution in [-0.4, -0.2) is 36.5 Å². The van der Waals surface area contributed by atoms with Gasteiger partial charge in [0.15, 0.2) is 16.3 Å². The number of methoxy groups -OCH3 is 2. The summed E-state index contributed by atoms with van der Waals surface area (Å²) in [6.07, 6.45) is 1.71. The Hall–Kier alpha value is -4.67.